The highest BCUT2D eigenvalue weighted by Crippen LogP contribution is 2.32. The van der Waals surface area contributed by atoms with Gasteiger partial charge in [-0.3, -0.25) is 14.6 Å². The summed E-state index contributed by atoms with van der Waals surface area (Å²) in [5.74, 6) is -0.348. The molecule has 3 rings (SSSR count). The Hall–Kier alpha value is -3.66. The van der Waals surface area contributed by atoms with Crippen LogP contribution < -0.4 is 16.7 Å². The molecule has 10 heteroatoms. The van der Waals surface area contributed by atoms with Crippen LogP contribution in [-0.2, 0) is 4.79 Å². The zero-order valence-electron chi connectivity index (χ0n) is 14.3. The Labute approximate surface area is 162 Å². The Morgan fingerprint density at radius 1 is 1.14 bits per heavy atom. The van der Waals surface area contributed by atoms with E-state index in [0.29, 0.717) is 11.1 Å². The minimum atomic E-state index is -0.822. The van der Waals surface area contributed by atoms with E-state index in [1.807, 2.05) is 0 Å². The summed E-state index contributed by atoms with van der Waals surface area (Å²) in [5, 5.41) is 18.2. The molecule has 0 bridgehead atoms. The molecule has 0 saturated heterocycles. The van der Waals surface area contributed by atoms with Crippen LogP contribution in [0.2, 0.25) is 0 Å². The van der Waals surface area contributed by atoms with Gasteiger partial charge in [0.1, 0.15) is 11.0 Å². The van der Waals surface area contributed by atoms with Crippen molar-refractivity contribution in [2.24, 2.45) is 5.10 Å². The van der Waals surface area contributed by atoms with Gasteiger partial charge in [-0.1, -0.05) is 42.1 Å². The maximum absolute atomic E-state index is 12.7. The number of nitrogens with one attached hydrogen (secondary N) is 3. The number of aromatic nitrogens is 3. The molecule has 2 aromatic carbocycles. The third-order valence-electron chi connectivity index (χ3n) is 3.53. The van der Waals surface area contributed by atoms with Crippen molar-refractivity contribution >= 4 is 23.9 Å². The Balaban J connectivity index is 1.80. The van der Waals surface area contributed by atoms with E-state index in [9.17, 15) is 19.5 Å². The van der Waals surface area contributed by atoms with Gasteiger partial charge in [0.25, 0.3) is 11.5 Å². The summed E-state index contributed by atoms with van der Waals surface area (Å²) in [6.07, 6.45) is 1.43. The first-order valence-corrected chi connectivity index (χ1v) is 8.93. The summed E-state index contributed by atoms with van der Waals surface area (Å²) < 4.78 is 0. The fraction of sp³-hybridized carbons (Fsp3) is 0.0556. The normalized spacial score (nSPS) is 12.0. The van der Waals surface area contributed by atoms with Crippen molar-refractivity contribution in [1.29, 1.82) is 0 Å². The van der Waals surface area contributed by atoms with E-state index in [1.54, 1.807) is 42.5 Å². The summed E-state index contributed by atoms with van der Waals surface area (Å²) in [5.41, 5.74) is 2.33. The molecule has 0 aliphatic carbocycles. The lowest BCUT2D eigenvalue weighted by Crippen LogP contribution is -2.28. The van der Waals surface area contributed by atoms with Crippen molar-refractivity contribution in [2.45, 2.75) is 10.3 Å². The Morgan fingerprint density at radius 2 is 1.86 bits per heavy atom. The molecule has 1 amide bonds. The number of thioether (sulfide) groups is 1. The van der Waals surface area contributed by atoms with E-state index in [2.05, 4.69) is 25.7 Å². The Morgan fingerprint density at radius 3 is 2.54 bits per heavy atom. The van der Waals surface area contributed by atoms with Gasteiger partial charge in [-0.25, -0.2) is 15.3 Å². The number of phenols is 1. The molecule has 0 saturated carbocycles. The highest BCUT2D eigenvalue weighted by molar-refractivity contribution is 8.00. The van der Waals surface area contributed by atoms with Gasteiger partial charge in [0, 0.05) is 0 Å². The molecule has 1 aromatic heterocycles. The second-order valence-electron chi connectivity index (χ2n) is 5.55. The largest absolute Gasteiger partial charge is 0.508 e. The first-order valence-electron chi connectivity index (χ1n) is 8.05. The summed E-state index contributed by atoms with van der Waals surface area (Å²) in [7, 11) is 0. The number of hydrogen-bond acceptors (Lipinski definition) is 7. The smallest absolute Gasteiger partial charge is 0.342 e. The molecular weight excluding hydrogens is 382 g/mol. The number of nitrogens with zero attached hydrogens (tertiary/aromatic N) is 2. The molecule has 9 nitrogen and oxygen atoms in total. The molecule has 1 heterocycles. The van der Waals surface area contributed by atoms with Crippen molar-refractivity contribution in [3.8, 4) is 5.75 Å². The highest BCUT2D eigenvalue weighted by atomic mass is 32.2. The predicted octanol–water partition coefficient (Wildman–Crippen LogP) is 1.15. The molecule has 0 fully saturated rings. The van der Waals surface area contributed by atoms with Crippen molar-refractivity contribution in [2.75, 3.05) is 0 Å². The third kappa shape index (κ3) is 4.95. The zero-order chi connectivity index (χ0) is 19.9. The number of aromatic amines is 2. The summed E-state index contributed by atoms with van der Waals surface area (Å²) in [6, 6.07) is 15.1. The number of hydrazone groups is 1. The van der Waals surface area contributed by atoms with Crippen LogP contribution in [0.1, 0.15) is 16.4 Å². The monoisotopic (exact) mass is 397 g/mol. The van der Waals surface area contributed by atoms with E-state index in [1.165, 1.54) is 18.3 Å². The summed E-state index contributed by atoms with van der Waals surface area (Å²) in [6.45, 7) is 0. The summed E-state index contributed by atoms with van der Waals surface area (Å²) >= 11 is 0.889. The Kier molecular flexibility index (Phi) is 6.02. The predicted molar refractivity (Wildman–Crippen MR) is 104 cm³/mol. The van der Waals surface area contributed by atoms with Crippen LogP contribution in [0, 0.1) is 0 Å². The lowest BCUT2D eigenvalue weighted by atomic mass is 10.1. The molecule has 1 unspecified atom stereocenters. The van der Waals surface area contributed by atoms with Gasteiger partial charge < -0.3 is 5.11 Å². The van der Waals surface area contributed by atoms with E-state index in [0.717, 1.165) is 11.8 Å². The van der Waals surface area contributed by atoms with Gasteiger partial charge in [-0.2, -0.15) is 10.2 Å². The zero-order valence-corrected chi connectivity index (χ0v) is 15.1. The maximum Gasteiger partial charge on any atom is 0.342 e. The summed E-state index contributed by atoms with van der Waals surface area (Å²) in [4.78, 5) is 37.8. The minimum Gasteiger partial charge on any atom is -0.508 e. The van der Waals surface area contributed by atoms with Crippen LogP contribution in [0.3, 0.4) is 0 Å². The molecule has 3 aromatic rings. The fourth-order valence-electron chi connectivity index (χ4n) is 2.22. The lowest BCUT2D eigenvalue weighted by Gasteiger charge is -2.14. The quantitative estimate of drug-likeness (QED) is 0.279. The molecule has 4 N–H and O–H groups in total. The molecule has 0 aliphatic rings. The van der Waals surface area contributed by atoms with Crippen LogP contribution in [-0.4, -0.2) is 32.4 Å². The first kappa shape index (κ1) is 19.1. The number of amides is 1. The van der Waals surface area contributed by atoms with Gasteiger partial charge in [-0.15, -0.1) is 0 Å². The maximum atomic E-state index is 12.7. The molecule has 0 spiro atoms. The Bertz CT molecular complexity index is 1090. The van der Waals surface area contributed by atoms with Crippen molar-refractivity contribution in [3.05, 3.63) is 86.6 Å². The van der Waals surface area contributed by atoms with E-state index < -0.39 is 22.4 Å². The SMILES string of the molecule is O=C(N/N=C\c1ccc(O)cc1)C(Sc1n[nH]c(=O)[nH]c1=O)c1ccccc1. The standard InChI is InChI=1S/C18H15N5O4S/c24-13-8-6-11(7-9-13)10-19-21-15(25)14(12-4-2-1-3-5-12)28-17-16(26)20-18(27)23-22-17/h1-10,14,24H,(H,21,25)(H2,20,23,26,27)/b19-10-. The van der Waals surface area contributed by atoms with Crippen LogP contribution in [0.5, 0.6) is 5.75 Å². The van der Waals surface area contributed by atoms with Crippen LogP contribution >= 0.6 is 11.8 Å². The second-order valence-corrected chi connectivity index (χ2v) is 6.64. The van der Waals surface area contributed by atoms with Crippen molar-refractivity contribution in [1.82, 2.24) is 20.6 Å². The minimum absolute atomic E-state index is 0.0499. The number of carbonyl (C=O) groups excluding carboxylic acids is 1. The molecule has 1 atom stereocenters. The number of phenolic OH excluding ortho intramolecular Hbond substituents is 1. The number of carbonyl (C=O) groups is 1. The van der Waals surface area contributed by atoms with Crippen molar-refractivity contribution < 1.29 is 9.90 Å². The fourth-order valence-corrected chi connectivity index (χ4v) is 3.15. The molecule has 0 aliphatic heterocycles. The van der Waals surface area contributed by atoms with Crippen LogP contribution in [0.25, 0.3) is 0 Å². The highest BCUT2D eigenvalue weighted by Gasteiger charge is 2.24. The van der Waals surface area contributed by atoms with E-state index >= 15 is 0 Å². The number of hydrogen-bond donors (Lipinski definition) is 4. The van der Waals surface area contributed by atoms with Crippen molar-refractivity contribution in [3.63, 3.8) is 0 Å². The molecule has 0 radical (unpaired) electrons. The van der Waals surface area contributed by atoms with Gasteiger partial charge in [0.2, 0.25) is 0 Å². The average Bonchev–Trinajstić information content (AvgIpc) is 2.69. The molecule has 28 heavy (non-hydrogen) atoms. The number of aromatic hydroxyl groups is 1. The van der Waals surface area contributed by atoms with E-state index in [-0.39, 0.29) is 10.8 Å². The molecule has 142 valence electrons. The van der Waals surface area contributed by atoms with Gasteiger partial charge in [0.05, 0.1) is 6.21 Å². The third-order valence-corrected chi connectivity index (χ3v) is 4.75. The molecular formula is C18H15N5O4S. The first-order chi connectivity index (χ1) is 13.5. The number of benzene rings is 2. The van der Waals surface area contributed by atoms with Gasteiger partial charge in [-0.05, 0) is 35.4 Å². The van der Waals surface area contributed by atoms with E-state index in [4.69, 9.17) is 0 Å². The van der Waals surface area contributed by atoms with Crippen LogP contribution in [0.15, 0.2) is 74.3 Å². The topological polar surface area (TPSA) is 140 Å². The van der Waals surface area contributed by atoms with Crippen LogP contribution in [0.4, 0.5) is 0 Å². The second kappa shape index (κ2) is 8.82. The average molecular weight is 397 g/mol. The van der Waals surface area contributed by atoms with Gasteiger partial charge in [0.15, 0.2) is 5.03 Å². The lowest BCUT2D eigenvalue weighted by molar-refractivity contribution is -0.120. The number of rotatable bonds is 6. The number of H-pyrrole nitrogens is 2. The van der Waals surface area contributed by atoms with Gasteiger partial charge >= 0.3 is 5.69 Å².